The highest BCUT2D eigenvalue weighted by Crippen LogP contribution is 2.27. The highest BCUT2D eigenvalue weighted by molar-refractivity contribution is 6.35. The van der Waals surface area contributed by atoms with Crippen molar-refractivity contribution in [3.05, 3.63) is 63.4 Å². The molecule has 0 saturated carbocycles. The normalized spacial score (nSPS) is 12.4. The third-order valence-corrected chi connectivity index (χ3v) is 3.63. The van der Waals surface area contributed by atoms with E-state index in [1.54, 1.807) is 12.1 Å². The van der Waals surface area contributed by atoms with Crippen LogP contribution in [0.4, 0.5) is 4.39 Å². The maximum atomic E-state index is 13.1. The monoisotopic (exact) mass is 313 g/mol. The zero-order valence-electron chi connectivity index (χ0n) is 10.8. The molecule has 0 saturated heterocycles. The van der Waals surface area contributed by atoms with Gasteiger partial charge in [-0.1, -0.05) is 29.3 Å². The summed E-state index contributed by atoms with van der Waals surface area (Å²) < 4.78 is 13.1. The van der Waals surface area contributed by atoms with E-state index >= 15 is 0 Å². The van der Waals surface area contributed by atoms with Crippen molar-refractivity contribution in [1.82, 2.24) is 5.32 Å². The Morgan fingerprint density at radius 3 is 2.65 bits per heavy atom. The van der Waals surface area contributed by atoms with Gasteiger partial charge in [-0.3, -0.25) is 0 Å². The molecule has 1 unspecified atom stereocenters. The number of aromatic hydroxyl groups is 1. The molecular weight excluding hydrogens is 300 g/mol. The molecule has 1 atom stereocenters. The fourth-order valence-electron chi connectivity index (χ4n) is 1.92. The van der Waals surface area contributed by atoms with Crippen LogP contribution in [0.3, 0.4) is 0 Å². The molecule has 20 heavy (non-hydrogen) atoms. The summed E-state index contributed by atoms with van der Waals surface area (Å²) in [5, 5.41) is 14.0. The summed E-state index contributed by atoms with van der Waals surface area (Å²) >= 11 is 12.0. The van der Waals surface area contributed by atoms with Crippen LogP contribution in [0.5, 0.6) is 5.75 Å². The minimum absolute atomic E-state index is 0.0533. The second-order valence-corrected chi connectivity index (χ2v) is 5.39. The number of benzene rings is 2. The molecule has 106 valence electrons. The van der Waals surface area contributed by atoms with Crippen LogP contribution < -0.4 is 5.32 Å². The zero-order chi connectivity index (χ0) is 14.7. The summed E-state index contributed by atoms with van der Waals surface area (Å²) in [6.07, 6.45) is 0. The summed E-state index contributed by atoms with van der Waals surface area (Å²) in [5.74, 6) is -0.315. The summed E-state index contributed by atoms with van der Waals surface area (Å²) in [4.78, 5) is 0. The molecular formula is C15H14Cl2FNO. The van der Waals surface area contributed by atoms with Gasteiger partial charge in [0.2, 0.25) is 0 Å². The Hall–Kier alpha value is -1.29. The summed E-state index contributed by atoms with van der Waals surface area (Å²) in [6.45, 7) is 2.27. The average molecular weight is 314 g/mol. The number of nitrogens with one attached hydrogen (secondary N) is 1. The molecule has 2 aromatic carbocycles. The number of hydrogen-bond donors (Lipinski definition) is 2. The molecule has 0 spiro atoms. The summed E-state index contributed by atoms with van der Waals surface area (Å²) in [7, 11) is 0. The molecule has 5 heteroatoms. The third kappa shape index (κ3) is 3.63. The lowest BCUT2D eigenvalue weighted by Crippen LogP contribution is -2.18. The van der Waals surface area contributed by atoms with Gasteiger partial charge in [-0.05, 0) is 42.8 Å². The molecule has 2 nitrogen and oxygen atoms in total. The van der Waals surface area contributed by atoms with Crippen LogP contribution in [0.1, 0.15) is 24.1 Å². The van der Waals surface area contributed by atoms with Crippen molar-refractivity contribution >= 4 is 23.2 Å². The fourth-order valence-corrected chi connectivity index (χ4v) is 2.49. The van der Waals surface area contributed by atoms with Crippen LogP contribution in [0.2, 0.25) is 10.0 Å². The lowest BCUT2D eigenvalue weighted by molar-refractivity contribution is 0.457. The number of halogens is 3. The lowest BCUT2D eigenvalue weighted by Gasteiger charge is -2.16. The van der Waals surface area contributed by atoms with Crippen LogP contribution in [0, 0.1) is 5.82 Å². The molecule has 0 amide bonds. The van der Waals surface area contributed by atoms with Gasteiger partial charge in [0.15, 0.2) is 0 Å². The van der Waals surface area contributed by atoms with E-state index in [-0.39, 0.29) is 17.6 Å². The van der Waals surface area contributed by atoms with Gasteiger partial charge in [-0.2, -0.15) is 0 Å². The highest BCUT2D eigenvalue weighted by Gasteiger charge is 2.11. The van der Waals surface area contributed by atoms with Crippen LogP contribution in [0.15, 0.2) is 36.4 Å². The van der Waals surface area contributed by atoms with E-state index in [9.17, 15) is 9.50 Å². The van der Waals surface area contributed by atoms with Crippen LogP contribution in [-0.4, -0.2) is 5.11 Å². The van der Waals surface area contributed by atoms with Crippen LogP contribution >= 0.6 is 23.2 Å². The van der Waals surface area contributed by atoms with Gasteiger partial charge in [-0.25, -0.2) is 4.39 Å². The van der Waals surface area contributed by atoms with Crippen molar-refractivity contribution in [2.45, 2.75) is 19.5 Å². The van der Waals surface area contributed by atoms with E-state index in [4.69, 9.17) is 23.2 Å². The number of phenols is 1. The molecule has 2 aromatic rings. The molecule has 0 radical (unpaired) electrons. The Labute approximate surface area is 127 Å². The molecule has 0 aliphatic carbocycles. The van der Waals surface area contributed by atoms with Crippen molar-refractivity contribution in [3.8, 4) is 5.75 Å². The molecule has 0 aliphatic heterocycles. The highest BCUT2D eigenvalue weighted by atomic mass is 35.5. The van der Waals surface area contributed by atoms with Crippen molar-refractivity contribution in [2.24, 2.45) is 0 Å². The van der Waals surface area contributed by atoms with Gasteiger partial charge in [0, 0.05) is 28.2 Å². The van der Waals surface area contributed by atoms with Crippen molar-refractivity contribution in [2.75, 3.05) is 0 Å². The first-order chi connectivity index (χ1) is 9.47. The van der Waals surface area contributed by atoms with Crippen molar-refractivity contribution < 1.29 is 9.50 Å². The Kier molecular flexibility index (Phi) is 4.86. The Morgan fingerprint density at radius 2 is 1.95 bits per heavy atom. The average Bonchev–Trinajstić information content (AvgIpc) is 2.39. The standard InChI is InChI=1S/C15H14Cl2FNO/c1-9(13-4-2-11(16)7-14(13)17)19-8-10-6-12(18)3-5-15(10)20/h2-7,9,19-20H,8H2,1H3. The van der Waals surface area contributed by atoms with Crippen LogP contribution in [0.25, 0.3) is 0 Å². The SMILES string of the molecule is CC(NCc1cc(F)ccc1O)c1ccc(Cl)cc1Cl. The Morgan fingerprint density at radius 1 is 1.20 bits per heavy atom. The first kappa shape index (κ1) is 15.1. The van der Waals surface area contributed by atoms with Gasteiger partial charge in [0.05, 0.1) is 0 Å². The lowest BCUT2D eigenvalue weighted by atomic mass is 10.1. The van der Waals surface area contributed by atoms with Crippen molar-refractivity contribution in [1.29, 1.82) is 0 Å². The second-order valence-electron chi connectivity index (χ2n) is 4.54. The molecule has 0 fully saturated rings. The van der Waals surface area contributed by atoms with Crippen LogP contribution in [-0.2, 0) is 6.54 Å². The van der Waals surface area contributed by atoms with E-state index in [2.05, 4.69) is 5.32 Å². The van der Waals surface area contributed by atoms with Crippen molar-refractivity contribution in [3.63, 3.8) is 0 Å². The van der Waals surface area contributed by atoms with Gasteiger partial charge in [0.25, 0.3) is 0 Å². The number of rotatable bonds is 4. The molecule has 0 aromatic heterocycles. The van der Waals surface area contributed by atoms with Gasteiger partial charge < -0.3 is 10.4 Å². The van der Waals surface area contributed by atoms with E-state index in [1.165, 1.54) is 18.2 Å². The van der Waals surface area contributed by atoms with E-state index < -0.39 is 0 Å². The molecule has 0 bridgehead atoms. The fraction of sp³-hybridized carbons (Fsp3) is 0.200. The summed E-state index contributed by atoms with van der Waals surface area (Å²) in [5.41, 5.74) is 1.40. The molecule has 0 aliphatic rings. The molecule has 2 rings (SSSR count). The third-order valence-electron chi connectivity index (χ3n) is 3.07. The molecule has 0 heterocycles. The topological polar surface area (TPSA) is 32.3 Å². The smallest absolute Gasteiger partial charge is 0.123 e. The van der Waals surface area contributed by atoms with Gasteiger partial charge >= 0.3 is 0 Å². The van der Waals surface area contributed by atoms with Gasteiger partial charge in [0.1, 0.15) is 11.6 Å². The van der Waals surface area contributed by atoms with E-state index in [0.717, 1.165) is 5.56 Å². The first-order valence-electron chi connectivity index (χ1n) is 6.13. The predicted octanol–water partition coefficient (Wildman–Crippen LogP) is 4.69. The second kappa shape index (κ2) is 6.44. The minimum atomic E-state index is -0.378. The van der Waals surface area contributed by atoms with Gasteiger partial charge in [-0.15, -0.1) is 0 Å². The maximum absolute atomic E-state index is 13.1. The molecule has 2 N–H and O–H groups in total. The first-order valence-corrected chi connectivity index (χ1v) is 6.88. The quantitative estimate of drug-likeness (QED) is 0.858. The van der Waals surface area contributed by atoms with E-state index in [0.29, 0.717) is 22.2 Å². The predicted molar refractivity (Wildman–Crippen MR) is 79.8 cm³/mol. The Bertz CT molecular complexity index is 619. The number of phenolic OH excluding ortho intramolecular Hbond substituents is 1. The largest absolute Gasteiger partial charge is 0.508 e. The zero-order valence-corrected chi connectivity index (χ0v) is 12.3. The maximum Gasteiger partial charge on any atom is 0.123 e. The van der Waals surface area contributed by atoms with E-state index in [1.807, 2.05) is 13.0 Å². The number of hydrogen-bond acceptors (Lipinski definition) is 2. The summed E-state index contributed by atoms with van der Waals surface area (Å²) in [6, 6.07) is 9.09. The minimum Gasteiger partial charge on any atom is -0.508 e. The Balaban J connectivity index is 2.08.